The topological polar surface area (TPSA) is 46.5 Å². The molecule has 16 heavy (non-hydrogen) atoms. The molecule has 0 aromatic heterocycles. The predicted octanol–water partition coefficient (Wildman–Crippen LogP) is 2.76. The zero-order valence-electron chi connectivity index (χ0n) is 9.73. The molecule has 3 nitrogen and oxygen atoms in total. The van der Waals surface area contributed by atoms with Crippen molar-refractivity contribution in [1.29, 1.82) is 0 Å². The van der Waals surface area contributed by atoms with Gasteiger partial charge in [-0.05, 0) is 18.9 Å². The summed E-state index contributed by atoms with van der Waals surface area (Å²) in [4.78, 5) is 26.8. The molecule has 0 saturated carbocycles. The molecule has 1 aromatic carbocycles. The highest BCUT2D eigenvalue weighted by Gasteiger charge is 2.12. The Balaban J connectivity index is 3.04. The lowest BCUT2D eigenvalue weighted by Crippen LogP contribution is -2.05. The number of hydrogen-bond donors (Lipinski definition) is 0. The Bertz CT molecular complexity index is 433. The molecule has 0 aliphatic rings. The Kier molecular flexibility index (Phi) is 4.11. The van der Waals surface area contributed by atoms with Gasteiger partial charge in [-0.15, -0.1) is 0 Å². The quantitative estimate of drug-likeness (QED) is 0.577. The van der Waals surface area contributed by atoms with E-state index in [2.05, 4.69) is 4.99 Å². The van der Waals surface area contributed by atoms with Gasteiger partial charge in [0.2, 0.25) is 0 Å². The molecule has 1 rings (SSSR count). The largest absolute Gasteiger partial charge is 0.294 e. The molecular formula is C13H15NO2. The predicted molar refractivity (Wildman–Crippen MR) is 64.1 cm³/mol. The van der Waals surface area contributed by atoms with Gasteiger partial charge in [0.25, 0.3) is 5.91 Å². The standard InChI is InChI=1S/C13H15NO2/c1-9(2)8-14-13(16)12-7-5-4-6-11(12)10(3)15/h4-9H,1-3H3/b14-8-. The van der Waals surface area contributed by atoms with E-state index in [1.54, 1.807) is 30.5 Å². The van der Waals surface area contributed by atoms with E-state index in [0.717, 1.165) is 0 Å². The van der Waals surface area contributed by atoms with Crippen molar-refractivity contribution in [3.8, 4) is 0 Å². The summed E-state index contributed by atoms with van der Waals surface area (Å²) < 4.78 is 0. The van der Waals surface area contributed by atoms with E-state index in [-0.39, 0.29) is 17.6 Å². The monoisotopic (exact) mass is 217 g/mol. The first-order valence-corrected chi connectivity index (χ1v) is 5.21. The highest BCUT2D eigenvalue weighted by molar-refractivity contribution is 6.09. The van der Waals surface area contributed by atoms with Crippen molar-refractivity contribution < 1.29 is 9.59 Å². The van der Waals surface area contributed by atoms with Gasteiger partial charge < -0.3 is 0 Å². The van der Waals surface area contributed by atoms with Gasteiger partial charge in [-0.1, -0.05) is 32.0 Å². The smallest absolute Gasteiger partial charge is 0.277 e. The van der Waals surface area contributed by atoms with Crippen LogP contribution in [0.5, 0.6) is 0 Å². The zero-order valence-corrected chi connectivity index (χ0v) is 9.73. The van der Waals surface area contributed by atoms with Gasteiger partial charge >= 0.3 is 0 Å². The minimum absolute atomic E-state index is 0.122. The van der Waals surface area contributed by atoms with E-state index in [0.29, 0.717) is 11.1 Å². The van der Waals surface area contributed by atoms with E-state index in [9.17, 15) is 9.59 Å². The Morgan fingerprint density at radius 2 is 1.75 bits per heavy atom. The maximum absolute atomic E-state index is 11.7. The lowest BCUT2D eigenvalue weighted by atomic mass is 10.0. The summed E-state index contributed by atoms with van der Waals surface area (Å²) >= 11 is 0. The third-order valence-corrected chi connectivity index (χ3v) is 2.03. The van der Waals surface area contributed by atoms with Crippen molar-refractivity contribution in [2.45, 2.75) is 20.8 Å². The molecule has 0 radical (unpaired) electrons. The van der Waals surface area contributed by atoms with Crippen LogP contribution in [0.2, 0.25) is 0 Å². The maximum atomic E-state index is 11.7. The Hall–Kier alpha value is -1.77. The Morgan fingerprint density at radius 3 is 2.25 bits per heavy atom. The average molecular weight is 217 g/mol. The molecule has 1 aromatic rings. The number of ketones is 1. The molecule has 1 amide bonds. The summed E-state index contributed by atoms with van der Waals surface area (Å²) in [5, 5.41) is 0. The van der Waals surface area contributed by atoms with Crippen molar-refractivity contribution in [2.24, 2.45) is 10.9 Å². The fraction of sp³-hybridized carbons (Fsp3) is 0.308. The molecule has 0 saturated heterocycles. The Morgan fingerprint density at radius 1 is 1.19 bits per heavy atom. The van der Waals surface area contributed by atoms with Crippen molar-refractivity contribution in [3.05, 3.63) is 35.4 Å². The molecule has 84 valence electrons. The second-order valence-corrected chi connectivity index (χ2v) is 3.93. The van der Waals surface area contributed by atoms with E-state index >= 15 is 0 Å². The first kappa shape index (κ1) is 12.3. The van der Waals surface area contributed by atoms with Crippen LogP contribution in [0.3, 0.4) is 0 Å². The summed E-state index contributed by atoms with van der Waals surface area (Å²) in [6, 6.07) is 6.72. The molecule has 0 spiro atoms. The first-order chi connectivity index (χ1) is 7.52. The van der Waals surface area contributed by atoms with Gasteiger partial charge in [0.05, 0.1) is 5.56 Å². The Labute approximate surface area is 95.2 Å². The van der Waals surface area contributed by atoms with Crippen LogP contribution in [0.25, 0.3) is 0 Å². The SMILES string of the molecule is CC(=O)c1ccccc1C(=O)/N=C\C(C)C. The number of nitrogens with zero attached hydrogens (tertiary/aromatic N) is 1. The second kappa shape index (κ2) is 5.35. The zero-order chi connectivity index (χ0) is 12.1. The molecule has 0 heterocycles. The highest BCUT2D eigenvalue weighted by atomic mass is 16.1. The lowest BCUT2D eigenvalue weighted by Gasteiger charge is -2.02. The third kappa shape index (κ3) is 3.12. The van der Waals surface area contributed by atoms with E-state index < -0.39 is 0 Å². The van der Waals surface area contributed by atoms with Crippen molar-refractivity contribution >= 4 is 17.9 Å². The number of amides is 1. The summed E-state index contributed by atoms with van der Waals surface area (Å²) in [5.41, 5.74) is 0.792. The van der Waals surface area contributed by atoms with Crippen LogP contribution in [0.4, 0.5) is 0 Å². The highest BCUT2D eigenvalue weighted by Crippen LogP contribution is 2.10. The van der Waals surface area contributed by atoms with Gasteiger partial charge in [0.15, 0.2) is 5.78 Å². The molecule has 0 bridgehead atoms. The van der Waals surface area contributed by atoms with E-state index in [1.807, 2.05) is 13.8 Å². The van der Waals surface area contributed by atoms with Crippen LogP contribution in [-0.4, -0.2) is 17.9 Å². The van der Waals surface area contributed by atoms with E-state index in [4.69, 9.17) is 0 Å². The average Bonchev–Trinajstić information content (AvgIpc) is 2.25. The molecule has 0 unspecified atom stereocenters. The third-order valence-electron chi connectivity index (χ3n) is 2.03. The summed E-state index contributed by atoms with van der Waals surface area (Å²) in [6.45, 7) is 5.32. The van der Waals surface area contributed by atoms with Crippen LogP contribution < -0.4 is 0 Å². The molecule has 0 aliphatic heterocycles. The van der Waals surface area contributed by atoms with Crippen LogP contribution in [0.1, 0.15) is 41.5 Å². The number of carbonyl (C=O) groups is 2. The summed E-state index contributed by atoms with van der Waals surface area (Å²) in [6.07, 6.45) is 1.58. The van der Waals surface area contributed by atoms with Crippen LogP contribution in [-0.2, 0) is 0 Å². The van der Waals surface area contributed by atoms with Crippen LogP contribution >= 0.6 is 0 Å². The fourth-order valence-electron chi connectivity index (χ4n) is 1.26. The van der Waals surface area contributed by atoms with Gasteiger partial charge in [-0.3, -0.25) is 9.59 Å². The minimum atomic E-state index is -0.362. The molecule has 0 atom stereocenters. The fourth-order valence-corrected chi connectivity index (χ4v) is 1.26. The van der Waals surface area contributed by atoms with Crippen molar-refractivity contribution in [3.63, 3.8) is 0 Å². The van der Waals surface area contributed by atoms with Gasteiger partial charge in [0.1, 0.15) is 0 Å². The van der Waals surface area contributed by atoms with Gasteiger partial charge in [-0.2, -0.15) is 0 Å². The number of benzene rings is 1. The molecule has 0 aliphatic carbocycles. The molecular weight excluding hydrogens is 202 g/mol. The maximum Gasteiger partial charge on any atom is 0.277 e. The van der Waals surface area contributed by atoms with E-state index in [1.165, 1.54) is 6.92 Å². The number of aliphatic imine (C=N–C) groups is 1. The van der Waals surface area contributed by atoms with Gasteiger partial charge in [0, 0.05) is 11.8 Å². The first-order valence-electron chi connectivity index (χ1n) is 5.21. The second-order valence-electron chi connectivity index (χ2n) is 3.93. The van der Waals surface area contributed by atoms with Crippen LogP contribution in [0, 0.1) is 5.92 Å². The summed E-state index contributed by atoms with van der Waals surface area (Å²) in [7, 11) is 0. The van der Waals surface area contributed by atoms with Crippen molar-refractivity contribution in [1.82, 2.24) is 0 Å². The minimum Gasteiger partial charge on any atom is -0.294 e. The number of Topliss-reactive ketones (excluding diaryl/α,β-unsaturated/α-hetero) is 1. The molecule has 0 N–H and O–H groups in total. The van der Waals surface area contributed by atoms with Crippen molar-refractivity contribution in [2.75, 3.05) is 0 Å². The van der Waals surface area contributed by atoms with Gasteiger partial charge in [-0.25, -0.2) is 4.99 Å². The summed E-state index contributed by atoms with van der Waals surface area (Å²) in [5.74, 6) is -0.267. The van der Waals surface area contributed by atoms with Crippen LogP contribution in [0.15, 0.2) is 29.3 Å². The number of carbonyl (C=O) groups excluding carboxylic acids is 2. The normalized spacial score (nSPS) is 11.0. The molecule has 0 fully saturated rings. The molecule has 3 heteroatoms. The number of rotatable bonds is 3. The lowest BCUT2D eigenvalue weighted by molar-refractivity contribution is 0.0975. The number of hydrogen-bond acceptors (Lipinski definition) is 2.